The monoisotopic (exact) mass is 260 g/mol. The van der Waals surface area contributed by atoms with Crippen LogP contribution >= 0.6 is 0 Å². The molecule has 0 bridgehead atoms. The van der Waals surface area contributed by atoms with Gasteiger partial charge in [0.05, 0.1) is 19.3 Å². The van der Waals surface area contributed by atoms with E-state index in [2.05, 4.69) is 5.32 Å². The minimum absolute atomic E-state index is 0.00796. The van der Waals surface area contributed by atoms with Crippen molar-refractivity contribution in [2.75, 3.05) is 33.4 Å². The van der Waals surface area contributed by atoms with Crippen LogP contribution in [-0.2, 0) is 9.53 Å². The number of carbonyl (C=O) groups excluding carboxylic acids is 1. The maximum absolute atomic E-state index is 12.1. The lowest BCUT2D eigenvalue weighted by atomic mass is 10.0. The summed E-state index contributed by atoms with van der Waals surface area (Å²) in [6.07, 6.45) is 0.879. The Morgan fingerprint density at radius 2 is 2.06 bits per heavy atom. The van der Waals surface area contributed by atoms with Gasteiger partial charge in [0.15, 0.2) is 0 Å². The van der Waals surface area contributed by atoms with Crippen LogP contribution in [-0.4, -0.2) is 60.9 Å². The topological polar surface area (TPSA) is 61.8 Å². The van der Waals surface area contributed by atoms with Crippen molar-refractivity contribution in [2.24, 2.45) is 0 Å². The number of aliphatic hydroxyl groups excluding tert-OH is 1. The highest BCUT2D eigenvalue weighted by Gasteiger charge is 2.25. The van der Waals surface area contributed by atoms with Crippen molar-refractivity contribution in [2.45, 2.75) is 45.7 Å². The first-order valence-electron chi connectivity index (χ1n) is 6.53. The molecule has 0 saturated heterocycles. The van der Waals surface area contributed by atoms with Crippen LogP contribution in [0.1, 0.15) is 34.1 Å². The van der Waals surface area contributed by atoms with Gasteiger partial charge in [-0.05, 0) is 27.2 Å². The maximum Gasteiger partial charge on any atom is 0.237 e. The second-order valence-corrected chi connectivity index (χ2v) is 5.16. The summed E-state index contributed by atoms with van der Waals surface area (Å²) in [5, 5.41) is 12.0. The molecule has 5 heteroatoms. The third kappa shape index (κ3) is 6.33. The molecule has 108 valence electrons. The number of hydrogen-bond acceptors (Lipinski definition) is 4. The van der Waals surface area contributed by atoms with Crippen molar-refractivity contribution in [1.29, 1.82) is 0 Å². The quantitative estimate of drug-likeness (QED) is 0.638. The number of nitrogens with zero attached hydrogens (tertiary/aromatic N) is 1. The molecule has 0 rings (SSSR count). The van der Waals surface area contributed by atoms with E-state index in [9.17, 15) is 4.79 Å². The smallest absolute Gasteiger partial charge is 0.237 e. The second-order valence-electron chi connectivity index (χ2n) is 5.16. The van der Waals surface area contributed by atoms with Crippen LogP contribution in [0.5, 0.6) is 0 Å². The summed E-state index contributed by atoms with van der Waals surface area (Å²) in [5.41, 5.74) is -0.197. The Labute approximate surface area is 110 Å². The van der Waals surface area contributed by atoms with E-state index in [1.54, 1.807) is 7.11 Å². The summed E-state index contributed by atoms with van der Waals surface area (Å²) in [6, 6.07) is -0.266. The SMILES string of the molecule is CCC(C)(C)NC(=O)C(C)N(CCO)CCOC. The van der Waals surface area contributed by atoms with E-state index in [0.717, 1.165) is 6.42 Å². The van der Waals surface area contributed by atoms with Crippen molar-refractivity contribution >= 4 is 5.91 Å². The molecule has 5 nitrogen and oxygen atoms in total. The highest BCUT2D eigenvalue weighted by atomic mass is 16.5. The molecule has 1 unspecified atom stereocenters. The molecule has 0 aromatic heterocycles. The summed E-state index contributed by atoms with van der Waals surface area (Å²) >= 11 is 0. The number of amides is 1. The molecule has 18 heavy (non-hydrogen) atoms. The van der Waals surface area contributed by atoms with Crippen molar-refractivity contribution < 1.29 is 14.6 Å². The van der Waals surface area contributed by atoms with Crippen molar-refractivity contribution in [3.05, 3.63) is 0 Å². The lowest BCUT2D eigenvalue weighted by Crippen LogP contribution is -2.53. The van der Waals surface area contributed by atoms with Gasteiger partial charge < -0.3 is 15.2 Å². The number of aliphatic hydroxyl groups is 1. The number of carbonyl (C=O) groups is 1. The van der Waals surface area contributed by atoms with Gasteiger partial charge in [-0.1, -0.05) is 6.92 Å². The molecule has 0 aliphatic carbocycles. The highest BCUT2D eigenvalue weighted by Crippen LogP contribution is 2.09. The Hall–Kier alpha value is -0.650. The molecule has 0 fully saturated rings. The Morgan fingerprint density at radius 1 is 1.44 bits per heavy atom. The fraction of sp³-hybridized carbons (Fsp3) is 0.923. The average Bonchev–Trinajstić information content (AvgIpc) is 2.33. The minimum Gasteiger partial charge on any atom is -0.395 e. The largest absolute Gasteiger partial charge is 0.395 e. The van der Waals surface area contributed by atoms with E-state index >= 15 is 0 Å². The molecule has 1 atom stereocenters. The first-order valence-corrected chi connectivity index (χ1v) is 6.53. The summed E-state index contributed by atoms with van der Waals surface area (Å²) in [7, 11) is 1.63. The molecule has 0 aliphatic rings. The predicted molar refractivity (Wildman–Crippen MR) is 72.5 cm³/mol. The fourth-order valence-electron chi connectivity index (χ4n) is 1.53. The second kappa shape index (κ2) is 8.45. The van der Waals surface area contributed by atoms with Crippen LogP contribution in [0.4, 0.5) is 0 Å². The van der Waals surface area contributed by atoms with Crippen molar-refractivity contribution in [3.63, 3.8) is 0 Å². The molecule has 2 N–H and O–H groups in total. The Bertz CT molecular complexity index is 244. The molecule has 0 heterocycles. The highest BCUT2D eigenvalue weighted by molar-refractivity contribution is 5.82. The first kappa shape index (κ1) is 17.4. The lowest BCUT2D eigenvalue weighted by Gasteiger charge is -2.31. The third-order valence-electron chi connectivity index (χ3n) is 3.24. The third-order valence-corrected chi connectivity index (χ3v) is 3.24. The Kier molecular flexibility index (Phi) is 8.15. The number of methoxy groups -OCH3 is 1. The molecule has 0 aromatic carbocycles. The predicted octanol–water partition coefficient (Wildman–Crippen LogP) is 0.620. The Morgan fingerprint density at radius 3 is 2.50 bits per heavy atom. The zero-order valence-electron chi connectivity index (χ0n) is 12.3. The van der Waals surface area contributed by atoms with Gasteiger partial charge >= 0.3 is 0 Å². The van der Waals surface area contributed by atoms with E-state index in [-0.39, 0.29) is 24.1 Å². The summed E-state index contributed by atoms with van der Waals surface area (Å²) in [4.78, 5) is 14.0. The number of ether oxygens (including phenoxy) is 1. The van der Waals surface area contributed by atoms with Crippen LogP contribution in [0.2, 0.25) is 0 Å². The molecule has 0 aliphatic heterocycles. The van der Waals surface area contributed by atoms with E-state index in [1.165, 1.54) is 0 Å². The van der Waals surface area contributed by atoms with Gasteiger partial charge in [0.2, 0.25) is 5.91 Å². The summed E-state index contributed by atoms with van der Waals surface area (Å²) in [5.74, 6) is -0.00796. The van der Waals surface area contributed by atoms with E-state index < -0.39 is 0 Å². The lowest BCUT2D eigenvalue weighted by molar-refractivity contribution is -0.128. The van der Waals surface area contributed by atoms with Gasteiger partial charge in [0.1, 0.15) is 0 Å². The summed E-state index contributed by atoms with van der Waals surface area (Å²) < 4.78 is 5.02. The van der Waals surface area contributed by atoms with Crippen LogP contribution < -0.4 is 5.32 Å². The molecular formula is C13H28N2O3. The molecule has 0 saturated carbocycles. The van der Waals surface area contributed by atoms with E-state index in [4.69, 9.17) is 9.84 Å². The van der Waals surface area contributed by atoms with Gasteiger partial charge in [0.25, 0.3) is 0 Å². The van der Waals surface area contributed by atoms with Crippen LogP contribution in [0, 0.1) is 0 Å². The first-order chi connectivity index (χ1) is 8.37. The average molecular weight is 260 g/mol. The Balaban J connectivity index is 4.45. The normalized spacial score (nSPS) is 13.7. The molecular weight excluding hydrogens is 232 g/mol. The van der Waals surface area contributed by atoms with Gasteiger partial charge in [-0.3, -0.25) is 9.69 Å². The van der Waals surface area contributed by atoms with Crippen LogP contribution in [0.15, 0.2) is 0 Å². The molecule has 0 spiro atoms. The van der Waals surface area contributed by atoms with Crippen molar-refractivity contribution in [1.82, 2.24) is 10.2 Å². The molecule has 1 amide bonds. The molecule has 0 aromatic rings. The van der Waals surface area contributed by atoms with Gasteiger partial charge in [0, 0.05) is 25.7 Å². The van der Waals surface area contributed by atoms with Crippen molar-refractivity contribution in [3.8, 4) is 0 Å². The van der Waals surface area contributed by atoms with Crippen LogP contribution in [0.3, 0.4) is 0 Å². The van der Waals surface area contributed by atoms with Crippen LogP contribution in [0.25, 0.3) is 0 Å². The standard InChI is InChI=1S/C13H28N2O3/c1-6-13(3,4)14-12(17)11(2)15(7-9-16)8-10-18-5/h11,16H,6-10H2,1-5H3,(H,14,17). The fourth-order valence-corrected chi connectivity index (χ4v) is 1.53. The van der Waals surface area contributed by atoms with Gasteiger partial charge in [-0.2, -0.15) is 0 Å². The van der Waals surface area contributed by atoms with E-state index in [0.29, 0.717) is 19.7 Å². The summed E-state index contributed by atoms with van der Waals surface area (Å²) in [6.45, 7) is 9.61. The zero-order valence-corrected chi connectivity index (χ0v) is 12.3. The number of hydrogen-bond donors (Lipinski definition) is 2. The van der Waals surface area contributed by atoms with E-state index in [1.807, 2.05) is 32.6 Å². The number of nitrogens with one attached hydrogen (secondary N) is 1. The zero-order chi connectivity index (χ0) is 14.2. The van der Waals surface area contributed by atoms with Gasteiger partial charge in [-0.25, -0.2) is 0 Å². The number of rotatable bonds is 9. The van der Waals surface area contributed by atoms with Gasteiger partial charge in [-0.15, -0.1) is 0 Å². The molecule has 0 radical (unpaired) electrons. The minimum atomic E-state index is -0.266. The maximum atomic E-state index is 12.1.